The third-order valence-electron chi connectivity index (χ3n) is 3.59. The number of aryl methyl sites for hydroxylation is 1. The van der Waals surface area contributed by atoms with E-state index in [0.717, 1.165) is 32.4 Å². The molecule has 0 aliphatic carbocycles. The minimum absolute atomic E-state index is 0.846. The van der Waals surface area contributed by atoms with Gasteiger partial charge in [0.25, 0.3) is 0 Å². The first-order valence-corrected chi connectivity index (χ1v) is 7.98. The summed E-state index contributed by atoms with van der Waals surface area (Å²) in [6.45, 7) is 1.96. The van der Waals surface area contributed by atoms with Gasteiger partial charge in [-0.3, -0.25) is 0 Å². The van der Waals surface area contributed by atoms with Gasteiger partial charge in [0.2, 0.25) is 0 Å². The number of H-pyrrole nitrogens is 1. The maximum absolute atomic E-state index is 4.18. The fourth-order valence-electron chi connectivity index (χ4n) is 2.39. The van der Waals surface area contributed by atoms with E-state index in [1.807, 2.05) is 6.92 Å². The molecule has 4 rings (SSSR count). The molecule has 6 heteroatoms. The van der Waals surface area contributed by atoms with Crippen LogP contribution < -0.4 is 0 Å². The lowest BCUT2D eigenvalue weighted by atomic mass is 10.0. The lowest BCUT2D eigenvalue weighted by Gasteiger charge is -2.04. The molecular formula is C17H13N5S. The standard InChI is InChI=1S/C17H13N5S/c1-11-19-21-17(23-11)15-8-4-13(5-9-15)12-2-6-14(7-3-12)16-10-18-22-20-16/h2-10H,1H3,(H,18,20,22). The Morgan fingerprint density at radius 3 is 1.91 bits per heavy atom. The minimum atomic E-state index is 0.846. The quantitative estimate of drug-likeness (QED) is 0.620. The summed E-state index contributed by atoms with van der Waals surface area (Å²) in [5.41, 5.74) is 5.32. The van der Waals surface area contributed by atoms with Gasteiger partial charge in [-0.05, 0) is 18.1 Å². The molecule has 0 aliphatic heterocycles. The van der Waals surface area contributed by atoms with Crippen molar-refractivity contribution >= 4 is 11.3 Å². The van der Waals surface area contributed by atoms with Crippen LogP contribution in [0.1, 0.15) is 5.01 Å². The smallest absolute Gasteiger partial charge is 0.147 e. The summed E-state index contributed by atoms with van der Waals surface area (Å²) in [4.78, 5) is 0. The first-order chi connectivity index (χ1) is 11.3. The second-order valence-corrected chi connectivity index (χ2v) is 6.32. The van der Waals surface area contributed by atoms with Gasteiger partial charge in [0.1, 0.15) is 15.7 Å². The van der Waals surface area contributed by atoms with Crippen LogP contribution in [0.15, 0.2) is 54.7 Å². The van der Waals surface area contributed by atoms with Crippen molar-refractivity contribution in [1.82, 2.24) is 25.6 Å². The number of hydrogen-bond donors (Lipinski definition) is 1. The molecule has 0 unspecified atom stereocenters. The van der Waals surface area contributed by atoms with E-state index in [2.05, 4.69) is 74.1 Å². The normalized spacial score (nSPS) is 10.8. The molecule has 2 aromatic carbocycles. The molecule has 0 aliphatic rings. The van der Waals surface area contributed by atoms with Crippen LogP contribution in [-0.4, -0.2) is 25.6 Å². The van der Waals surface area contributed by atoms with E-state index in [0.29, 0.717) is 0 Å². The Hall–Kier alpha value is -2.86. The largest absolute Gasteiger partial charge is 0.197 e. The Morgan fingerprint density at radius 1 is 0.783 bits per heavy atom. The number of aromatic amines is 1. The van der Waals surface area contributed by atoms with E-state index in [4.69, 9.17) is 0 Å². The summed E-state index contributed by atoms with van der Waals surface area (Å²) >= 11 is 1.60. The van der Waals surface area contributed by atoms with E-state index in [1.165, 1.54) is 5.56 Å². The summed E-state index contributed by atoms with van der Waals surface area (Å²) in [6, 6.07) is 16.7. The number of hydrogen-bond acceptors (Lipinski definition) is 5. The molecule has 0 radical (unpaired) electrons. The van der Waals surface area contributed by atoms with E-state index >= 15 is 0 Å². The summed E-state index contributed by atoms with van der Waals surface area (Å²) in [7, 11) is 0. The summed E-state index contributed by atoms with van der Waals surface area (Å²) < 4.78 is 0. The fourth-order valence-corrected chi connectivity index (χ4v) is 3.09. The van der Waals surface area contributed by atoms with Crippen molar-refractivity contribution in [3.05, 3.63) is 59.7 Å². The lowest BCUT2D eigenvalue weighted by Crippen LogP contribution is -1.82. The minimum Gasteiger partial charge on any atom is -0.197 e. The molecule has 2 aromatic heterocycles. The fraction of sp³-hybridized carbons (Fsp3) is 0.0588. The Balaban J connectivity index is 1.60. The maximum Gasteiger partial charge on any atom is 0.147 e. The molecule has 0 spiro atoms. The van der Waals surface area contributed by atoms with E-state index in [9.17, 15) is 0 Å². The summed E-state index contributed by atoms with van der Waals surface area (Å²) in [5.74, 6) is 0. The second kappa shape index (κ2) is 5.73. The van der Waals surface area contributed by atoms with Gasteiger partial charge >= 0.3 is 0 Å². The van der Waals surface area contributed by atoms with Gasteiger partial charge in [0.15, 0.2) is 0 Å². The van der Waals surface area contributed by atoms with Crippen molar-refractivity contribution in [2.45, 2.75) is 6.92 Å². The molecule has 2 heterocycles. The Morgan fingerprint density at radius 2 is 1.39 bits per heavy atom. The molecule has 0 bridgehead atoms. The van der Waals surface area contributed by atoms with E-state index in [-0.39, 0.29) is 0 Å². The third-order valence-corrected chi connectivity index (χ3v) is 4.47. The molecule has 4 aromatic rings. The zero-order chi connectivity index (χ0) is 15.6. The molecule has 0 atom stereocenters. The SMILES string of the molecule is Cc1nnc(-c2ccc(-c3ccc(-c4cn[nH]n4)cc3)cc2)s1. The van der Waals surface area contributed by atoms with Crippen LogP contribution in [0.2, 0.25) is 0 Å². The predicted molar refractivity (Wildman–Crippen MR) is 90.9 cm³/mol. The van der Waals surface area contributed by atoms with Crippen LogP contribution in [0.3, 0.4) is 0 Å². The van der Waals surface area contributed by atoms with Crippen LogP contribution in [0, 0.1) is 6.92 Å². The van der Waals surface area contributed by atoms with Gasteiger partial charge in [-0.2, -0.15) is 15.4 Å². The highest BCUT2D eigenvalue weighted by Crippen LogP contribution is 2.27. The number of nitrogens with one attached hydrogen (secondary N) is 1. The summed E-state index contributed by atoms with van der Waals surface area (Å²) in [5, 5.41) is 20.7. The Kier molecular flexibility index (Phi) is 3.44. The van der Waals surface area contributed by atoms with Crippen LogP contribution >= 0.6 is 11.3 Å². The van der Waals surface area contributed by atoms with Crippen molar-refractivity contribution < 1.29 is 0 Å². The van der Waals surface area contributed by atoms with Crippen molar-refractivity contribution in [2.75, 3.05) is 0 Å². The molecule has 1 N–H and O–H groups in total. The van der Waals surface area contributed by atoms with Crippen LogP contribution in [0.4, 0.5) is 0 Å². The Bertz CT molecular complexity index is 909. The van der Waals surface area contributed by atoms with Crippen molar-refractivity contribution in [1.29, 1.82) is 0 Å². The molecule has 0 fully saturated rings. The number of nitrogens with zero attached hydrogens (tertiary/aromatic N) is 4. The van der Waals surface area contributed by atoms with Crippen molar-refractivity contribution in [2.24, 2.45) is 0 Å². The predicted octanol–water partition coefficient (Wildman–Crippen LogP) is 3.97. The zero-order valence-electron chi connectivity index (χ0n) is 12.4. The topological polar surface area (TPSA) is 67.3 Å². The van der Waals surface area contributed by atoms with Crippen LogP contribution in [0.25, 0.3) is 33.0 Å². The highest BCUT2D eigenvalue weighted by Gasteiger charge is 2.05. The van der Waals surface area contributed by atoms with Crippen molar-refractivity contribution in [3.63, 3.8) is 0 Å². The van der Waals surface area contributed by atoms with Crippen molar-refractivity contribution in [3.8, 4) is 33.0 Å². The maximum atomic E-state index is 4.18. The van der Waals surface area contributed by atoms with Crippen LogP contribution in [0.5, 0.6) is 0 Å². The lowest BCUT2D eigenvalue weighted by molar-refractivity contribution is 0.942. The average molecular weight is 319 g/mol. The van der Waals surface area contributed by atoms with E-state index in [1.54, 1.807) is 17.5 Å². The summed E-state index contributed by atoms with van der Waals surface area (Å²) in [6.07, 6.45) is 1.72. The first-order valence-electron chi connectivity index (χ1n) is 7.17. The number of benzene rings is 2. The van der Waals surface area contributed by atoms with Gasteiger partial charge in [0, 0.05) is 11.1 Å². The molecule has 0 saturated heterocycles. The first kappa shape index (κ1) is 13.8. The van der Waals surface area contributed by atoms with Gasteiger partial charge in [-0.25, -0.2) is 0 Å². The van der Waals surface area contributed by atoms with Gasteiger partial charge < -0.3 is 0 Å². The molecule has 5 nitrogen and oxygen atoms in total. The van der Waals surface area contributed by atoms with Gasteiger partial charge in [-0.1, -0.05) is 59.9 Å². The zero-order valence-corrected chi connectivity index (χ0v) is 13.2. The van der Waals surface area contributed by atoms with Crippen LogP contribution in [-0.2, 0) is 0 Å². The molecule has 0 amide bonds. The molecule has 112 valence electrons. The second-order valence-electron chi connectivity index (χ2n) is 5.14. The average Bonchev–Trinajstić information content (AvgIpc) is 3.27. The molecule has 0 saturated carbocycles. The molecular weight excluding hydrogens is 306 g/mol. The van der Waals surface area contributed by atoms with Gasteiger partial charge in [-0.15, -0.1) is 10.2 Å². The third kappa shape index (κ3) is 2.76. The number of aromatic nitrogens is 5. The molecule has 23 heavy (non-hydrogen) atoms. The van der Waals surface area contributed by atoms with E-state index < -0.39 is 0 Å². The highest BCUT2D eigenvalue weighted by molar-refractivity contribution is 7.14. The number of rotatable bonds is 3. The highest BCUT2D eigenvalue weighted by atomic mass is 32.1. The monoisotopic (exact) mass is 319 g/mol. The van der Waals surface area contributed by atoms with Gasteiger partial charge in [0.05, 0.1) is 6.20 Å². The Labute approximate surface area is 137 Å².